The van der Waals surface area contributed by atoms with Gasteiger partial charge < -0.3 is 24.4 Å². The van der Waals surface area contributed by atoms with Crippen LogP contribution in [0.2, 0.25) is 0 Å². The van der Waals surface area contributed by atoms with Gasteiger partial charge in [-0.15, -0.1) is 0 Å². The molecule has 2 heterocycles. The number of carbonyl (C=O) groups is 1. The maximum atomic E-state index is 15.3. The Bertz CT molecular complexity index is 2010. The Labute approximate surface area is 255 Å². The number of amides is 1. The topological polar surface area (TPSA) is 117 Å². The number of ether oxygens (including phenoxy) is 3. The Morgan fingerprint density at radius 1 is 0.911 bits per heavy atom. The molecule has 0 aliphatic rings. The molecule has 0 spiro atoms. The highest BCUT2D eigenvalue weighted by atomic mass is 19.1. The van der Waals surface area contributed by atoms with E-state index in [1.807, 2.05) is 19.0 Å². The van der Waals surface area contributed by atoms with Crippen LogP contribution >= 0.6 is 0 Å². The molecular formula is C32H29F2N5O6. The van der Waals surface area contributed by atoms with Gasteiger partial charge >= 0.3 is 5.69 Å². The van der Waals surface area contributed by atoms with Crippen molar-refractivity contribution in [3.63, 3.8) is 0 Å². The minimum Gasteiger partial charge on any atom is -0.493 e. The quantitative estimate of drug-likeness (QED) is 0.245. The van der Waals surface area contributed by atoms with Crippen molar-refractivity contribution in [2.75, 3.05) is 40.2 Å². The number of carbonyl (C=O) groups excluding carboxylic acids is 1. The summed E-state index contributed by atoms with van der Waals surface area (Å²) in [6.07, 6.45) is 2.67. The van der Waals surface area contributed by atoms with Crippen molar-refractivity contribution < 1.29 is 27.8 Å². The number of benzene rings is 3. The summed E-state index contributed by atoms with van der Waals surface area (Å²) in [6.45, 7) is 0.596. The second-order valence-electron chi connectivity index (χ2n) is 10.2. The number of nitrogens with one attached hydrogen (secondary N) is 1. The van der Waals surface area contributed by atoms with E-state index in [2.05, 4.69) is 10.3 Å². The molecule has 2 aromatic heterocycles. The summed E-state index contributed by atoms with van der Waals surface area (Å²) >= 11 is 0. The number of hydrogen-bond donors (Lipinski definition) is 1. The van der Waals surface area contributed by atoms with Crippen molar-refractivity contribution >= 4 is 22.5 Å². The van der Waals surface area contributed by atoms with Crippen molar-refractivity contribution in [3.8, 4) is 28.7 Å². The highest BCUT2D eigenvalue weighted by Crippen LogP contribution is 2.37. The first kappa shape index (κ1) is 30.9. The SMILES string of the molecule is COc1cc2nccc(Oc3ccc(NC(=O)c4cn(CCN(C)C)c(=O)n(-c5ccc(F)cc5)c4=O)cc3F)c2cc1OC. The zero-order valence-electron chi connectivity index (χ0n) is 24.8. The number of anilines is 1. The Kier molecular flexibility index (Phi) is 8.91. The Hall–Kier alpha value is -5.56. The molecule has 11 nitrogen and oxygen atoms in total. The largest absolute Gasteiger partial charge is 0.493 e. The van der Waals surface area contributed by atoms with Gasteiger partial charge in [-0.05, 0) is 62.6 Å². The molecule has 0 atom stereocenters. The number of rotatable bonds is 10. The van der Waals surface area contributed by atoms with E-state index in [0.29, 0.717) is 34.7 Å². The lowest BCUT2D eigenvalue weighted by Gasteiger charge is -2.16. The third-order valence-corrected chi connectivity index (χ3v) is 6.89. The lowest BCUT2D eigenvalue weighted by Crippen LogP contribution is -2.43. The van der Waals surface area contributed by atoms with Gasteiger partial charge in [0.1, 0.15) is 17.1 Å². The summed E-state index contributed by atoms with van der Waals surface area (Å²) in [5.41, 5.74) is -1.32. The molecule has 3 aromatic carbocycles. The summed E-state index contributed by atoms with van der Waals surface area (Å²) in [6, 6.07) is 13.4. The van der Waals surface area contributed by atoms with Gasteiger partial charge in [-0.25, -0.2) is 18.1 Å². The van der Waals surface area contributed by atoms with Crippen LogP contribution in [0.25, 0.3) is 16.6 Å². The monoisotopic (exact) mass is 617 g/mol. The van der Waals surface area contributed by atoms with Gasteiger partial charge in [-0.2, -0.15) is 0 Å². The molecule has 5 rings (SSSR count). The van der Waals surface area contributed by atoms with Gasteiger partial charge in [-0.3, -0.25) is 19.1 Å². The maximum Gasteiger partial charge on any atom is 0.335 e. The third kappa shape index (κ3) is 6.53. The van der Waals surface area contributed by atoms with Crippen molar-refractivity contribution in [1.29, 1.82) is 0 Å². The van der Waals surface area contributed by atoms with E-state index in [9.17, 15) is 18.8 Å². The summed E-state index contributed by atoms with van der Waals surface area (Å²) in [5.74, 6) is -1.14. The minimum atomic E-state index is -0.915. The van der Waals surface area contributed by atoms with Crippen LogP contribution < -0.4 is 30.8 Å². The van der Waals surface area contributed by atoms with E-state index in [1.54, 1.807) is 18.2 Å². The lowest BCUT2D eigenvalue weighted by molar-refractivity contribution is 0.102. The minimum absolute atomic E-state index is 0.0367. The Morgan fingerprint density at radius 2 is 1.62 bits per heavy atom. The number of hydrogen-bond acceptors (Lipinski definition) is 8. The van der Waals surface area contributed by atoms with E-state index in [4.69, 9.17) is 14.2 Å². The van der Waals surface area contributed by atoms with Crippen LogP contribution in [0.1, 0.15) is 10.4 Å². The van der Waals surface area contributed by atoms with Crippen molar-refractivity contribution in [2.24, 2.45) is 0 Å². The van der Waals surface area contributed by atoms with Gasteiger partial charge in [0.15, 0.2) is 23.1 Å². The molecule has 13 heteroatoms. The normalized spacial score (nSPS) is 11.1. The highest BCUT2D eigenvalue weighted by molar-refractivity contribution is 6.04. The number of likely N-dealkylation sites (N-methyl/N-ethyl adjacent to an activating group) is 1. The highest BCUT2D eigenvalue weighted by Gasteiger charge is 2.20. The number of methoxy groups -OCH3 is 2. The van der Waals surface area contributed by atoms with E-state index in [0.717, 1.165) is 29.0 Å². The van der Waals surface area contributed by atoms with Crippen molar-refractivity contribution in [1.82, 2.24) is 19.0 Å². The molecule has 0 bridgehead atoms. The van der Waals surface area contributed by atoms with Crippen LogP contribution in [-0.4, -0.2) is 59.8 Å². The van der Waals surface area contributed by atoms with Gasteiger partial charge in [-0.1, -0.05) is 0 Å². The van der Waals surface area contributed by atoms with Crippen LogP contribution in [0.4, 0.5) is 14.5 Å². The number of nitrogens with zero attached hydrogens (tertiary/aromatic N) is 4. The first-order valence-corrected chi connectivity index (χ1v) is 13.7. The fourth-order valence-electron chi connectivity index (χ4n) is 4.56. The fraction of sp³-hybridized carbons (Fsp3) is 0.188. The predicted octanol–water partition coefficient (Wildman–Crippen LogP) is 4.45. The summed E-state index contributed by atoms with van der Waals surface area (Å²) < 4.78 is 47.4. The first-order chi connectivity index (χ1) is 21.6. The van der Waals surface area contributed by atoms with Crippen molar-refractivity contribution in [3.05, 3.63) is 111 Å². The molecule has 232 valence electrons. The molecule has 0 fully saturated rings. The first-order valence-electron chi connectivity index (χ1n) is 13.7. The third-order valence-electron chi connectivity index (χ3n) is 6.89. The molecule has 0 aliphatic heterocycles. The van der Waals surface area contributed by atoms with Gasteiger partial charge in [0.2, 0.25) is 0 Å². The number of fused-ring (bicyclic) bond motifs is 1. The molecule has 0 saturated carbocycles. The molecule has 0 aliphatic carbocycles. The summed E-state index contributed by atoms with van der Waals surface area (Å²) in [4.78, 5) is 46.1. The molecule has 5 aromatic rings. The van der Waals surface area contributed by atoms with E-state index in [-0.39, 0.29) is 29.2 Å². The second kappa shape index (κ2) is 13.0. The molecule has 0 unspecified atom stereocenters. The molecular weight excluding hydrogens is 588 g/mol. The summed E-state index contributed by atoms with van der Waals surface area (Å²) in [5, 5.41) is 3.06. The number of aromatic nitrogens is 3. The Balaban J connectivity index is 1.45. The number of pyridine rings is 1. The Morgan fingerprint density at radius 3 is 2.29 bits per heavy atom. The van der Waals surface area contributed by atoms with Crippen LogP contribution in [0.5, 0.6) is 23.0 Å². The second-order valence-corrected chi connectivity index (χ2v) is 10.2. The molecule has 1 amide bonds. The molecule has 45 heavy (non-hydrogen) atoms. The molecule has 0 saturated heterocycles. The van der Waals surface area contributed by atoms with Crippen LogP contribution in [0.3, 0.4) is 0 Å². The van der Waals surface area contributed by atoms with E-state index >= 15 is 4.39 Å². The standard InChI is InChI=1S/C32H29F2N5O6/c1-37(2)13-14-38-18-23(31(41)39(32(38)42)21-8-5-19(33)6-9-21)30(40)36-20-7-10-27(24(34)15-20)45-26-11-12-35-25-17-29(44-4)28(43-3)16-22(25)26/h5-12,15-18H,13-14H2,1-4H3,(H,36,40). The maximum absolute atomic E-state index is 15.3. The average Bonchev–Trinajstić information content (AvgIpc) is 3.02. The fourth-order valence-corrected chi connectivity index (χ4v) is 4.56. The van der Waals surface area contributed by atoms with Gasteiger partial charge in [0.25, 0.3) is 11.5 Å². The van der Waals surface area contributed by atoms with E-state index in [1.165, 1.54) is 49.2 Å². The van der Waals surface area contributed by atoms with Gasteiger partial charge in [0, 0.05) is 48.7 Å². The summed E-state index contributed by atoms with van der Waals surface area (Å²) in [7, 11) is 6.61. The zero-order chi connectivity index (χ0) is 32.2. The average molecular weight is 618 g/mol. The number of halogens is 2. The van der Waals surface area contributed by atoms with Crippen molar-refractivity contribution in [2.45, 2.75) is 6.54 Å². The zero-order valence-corrected chi connectivity index (χ0v) is 24.8. The van der Waals surface area contributed by atoms with E-state index < -0.39 is 28.8 Å². The smallest absolute Gasteiger partial charge is 0.335 e. The molecule has 1 N–H and O–H groups in total. The predicted molar refractivity (Wildman–Crippen MR) is 164 cm³/mol. The van der Waals surface area contributed by atoms with Crippen LogP contribution in [0.15, 0.2) is 82.6 Å². The lowest BCUT2D eigenvalue weighted by atomic mass is 10.1. The van der Waals surface area contributed by atoms with Crippen LogP contribution in [-0.2, 0) is 6.54 Å². The van der Waals surface area contributed by atoms with Gasteiger partial charge in [0.05, 0.1) is 25.4 Å². The van der Waals surface area contributed by atoms with Crippen LogP contribution in [0, 0.1) is 11.6 Å². The molecule has 0 radical (unpaired) electrons.